The molecule has 1 aromatic rings. The van der Waals surface area contributed by atoms with Crippen LogP contribution >= 0.6 is 0 Å². The number of benzene rings is 1. The van der Waals surface area contributed by atoms with E-state index in [1.165, 1.54) is 5.56 Å². The molecule has 0 aromatic heterocycles. The van der Waals surface area contributed by atoms with Crippen LogP contribution in [0.2, 0.25) is 0 Å². The van der Waals surface area contributed by atoms with Crippen LogP contribution in [0.25, 0.3) is 0 Å². The Bertz CT molecular complexity index is 399. The molecular formula is C13H17NO2. The summed E-state index contributed by atoms with van der Waals surface area (Å²) in [5.41, 5.74) is 3.01. The highest BCUT2D eigenvalue weighted by Crippen LogP contribution is 2.23. The molecule has 2 rings (SSSR count). The predicted molar refractivity (Wildman–Crippen MR) is 63.8 cm³/mol. The zero-order valence-electron chi connectivity index (χ0n) is 9.75. The van der Waals surface area contributed by atoms with Crippen LogP contribution in [0.15, 0.2) is 18.2 Å². The van der Waals surface area contributed by atoms with Crippen molar-refractivity contribution < 1.29 is 9.53 Å². The van der Waals surface area contributed by atoms with Crippen molar-refractivity contribution in [2.45, 2.75) is 32.8 Å². The molecule has 16 heavy (non-hydrogen) atoms. The van der Waals surface area contributed by atoms with Crippen LogP contribution < -0.4 is 5.32 Å². The molecule has 0 saturated carbocycles. The summed E-state index contributed by atoms with van der Waals surface area (Å²) in [4.78, 5) is 11.7. The highest BCUT2D eigenvalue weighted by molar-refractivity contribution is 5.90. The maximum Gasteiger partial charge on any atom is 0.338 e. The van der Waals surface area contributed by atoms with E-state index in [0.717, 1.165) is 25.1 Å². The molecule has 0 spiro atoms. The fraction of sp³-hybridized carbons (Fsp3) is 0.462. The first kappa shape index (κ1) is 11.0. The normalized spacial score (nSPS) is 14.2. The average Bonchev–Trinajstić information content (AvgIpc) is 2.27. The molecule has 86 valence electrons. The lowest BCUT2D eigenvalue weighted by Crippen LogP contribution is -2.15. The summed E-state index contributed by atoms with van der Waals surface area (Å²) in [6, 6.07) is 5.72. The van der Waals surface area contributed by atoms with Gasteiger partial charge in [0.1, 0.15) is 0 Å². The van der Waals surface area contributed by atoms with Gasteiger partial charge in [0.05, 0.1) is 11.7 Å². The summed E-state index contributed by atoms with van der Waals surface area (Å²) in [7, 11) is 0. The quantitative estimate of drug-likeness (QED) is 0.777. The Morgan fingerprint density at radius 3 is 3.00 bits per heavy atom. The molecule has 1 aromatic carbocycles. The second-order valence-electron chi connectivity index (χ2n) is 4.36. The zero-order valence-corrected chi connectivity index (χ0v) is 9.75. The largest absolute Gasteiger partial charge is 0.459 e. The van der Waals surface area contributed by atoms with E-state index in [0.29, 0.717) is 5.56 Å². The minimum absolute atomic E-state index is 0.0679. The van der Waals surface area contributed by atoms with Crippen molar-refractivity contribution in [1.82, 2.24) is 0 Å². The molecule has 0 radical (unpaired) electrons. The van der Waals surface area contributed by atoms with Crippen molar-refractivity contribution in [3.63, 3.8) is 0 Å². The Morgan fingerprint density at radius 1 is 1.44 bits per heavy atom. The fourth-order valence-corrected chi connectivity index (χ4v) is 1.88. The zero-order chi connectivity index (χ0) is 11.5. The summed E-state index contributed by atoms with van der Waals surface area (Å²) >= 11 is 0. The van der Waals surface area contributed by atoms with Gasteiger partial charge in [0.25, 0.3) is 0 Å². The van der Waals surface area contributed by atoms with E-state index < -0.39 is 0 Å². The standard InChI is InChI=1S/C13H17NO2/c1-9(2)16-13(15)11-5-6-12-10(8-11)4-3-7-14-12/h5-6,8-9,14H,3-4,7H2,1-2H3. The first-order chi connectivity index (χ1) is 7.66. The van der Waals surface area contributed by atoms with Gasteiger partial charge in [-0.3, -0.25) is 0 Å². The van der Waals surface area contributed by atoms with Crippen molar-refractivity contribution in [1.29, 1.82) is 0 Å². The van der Waals surface area contributed by atoms with Crippen LogP contribution in [0.4, 0.5) is 5.69 Å². The van der Waals surface area contributed by atoms with E-state index in [9.17, 15) is 4.79 Å². The molecule has 0 amide bonds. The maximum absolute atomic E-state index is 11.7. The summed E-state index contributed by atoms with van der Waals surface area (Å²) in [6.07, 6.45) is 2.09. The first-order valence-electron chi connectivity index (χ1n) is 5.74. The lowest BCUT2D eigenvalue weighted by Gasteiger charge is -2.18. The highest BCUT2D eigenvalue weighted by Gasteiger charge is 2.13. The fourth-order valence-electron chi connectivity index (χ4n) is 1.88. The third-order valence-electron chi connectivity index (χ3n) is 2.62. The molecule has 0 unspecified atom stereocenters. The van der Waals surface area contributed by atoms with Crippen molar-refractivity contribution in [2.75, 3.05) is 11.9 Å². The highest BCUT2D eigenvalue weighted by atomic mass is 16.5. The lowest BCUT2D eigenvalue weighted by atomic mass is 10.0. The Labute approximate surface area is 95.8 Å². The van der Waals surface area contributed by atoms with Gasteiger partial charge >= 0.3 is 5.97 Å². The molecule has 0 bridgehead atoms. The molecule has 1 aliphatic rings. The number of carbonyl (C=O) groups excluding carboxylic acids is 1. The van der Waals surface area contributed by atoms with E-state index in [2.05, 4.69) is 5.32 Å². The number of aryl methyl sites for hydroxylation is 1. The number of fused-ring (bicyclic) bond motifs is 1. The molecular weight excluding hydrogens is 202 g/mol. The third-order valence-corrected chi connectivity index (χ3v) is 2.62. The van der Waals surface area contributed by atoms with Crippen molar-refractivity contribution in [2.24, 2.45) is 0 Å². The first-order valence-corrected chi connectivity index (χ1v) is 5.74. The van der Waals surface area contributed by atoms with E-state index >= 15 is 0 Å². The van der Waals surface area contributed by atoms with Gasteiger partial charge in [0, 0.05) is 12.2 Å². The molecule has 0 saturated heterocycles. The number of esters is 1. The van der Waals surface area contributed by atoms with Gasteiger partial charge in [-0.2, -0.15) is 0 Å². The van der Waals surface area contributed by atoms with E-state index in [4.69, 9.17) is 4.74 Å². The molecule has 1 N–H and O–H groups in total. The van der Waals surface area contributed by atoms with E-state index in [1.54, 1.807) is 0 Å². The van der Waals surface area contributed by atoms with E-state index in [1.807, 2.05) is 32.0 Å². The van der Waals surface area contributed by atoms with Gasteiger partial charge in [-0.05, 0) is 50.5 Å². The topological polar surface area (TPSA) is 38.3 Å². The average molecular weight is 219 g/mol. The van der Waals surface area contributed by atoms with E-state index in [-0.39, 0.29) is 12.1 Å². The van der Waals surface area contributed by atoms with Crippen molar-refractivity contribution in [3.05, 3.63) is 29.3 Å². The number of ether oxygens (including phenoxy) is 1. The number of nitrogens with one attached hydrogen (secondary N) is 1. The molecule has 0 fully saturated rings. The maximum atomic E-state index is 11.7. The molecule has 1 heterocycles. The van der Waals surface area contributed by atoms with Crippen LogP contribution in [0.5, 0.6) is 0 Å². The second kappa shape index (κ2) is 4.56. The number of anilines is 1. The minimum atomic E-state index is -0.233. The van der Waals surface area contributed by atoms with Crippen molar-refractivity contribution >= 4 is 11.7 Å². The Balaban J connectivity index is 2.19. The van der Waals surface area contributed by atoms with Crippen LogP contribution in [-0.2, 0) is 11.2 Å². The monoisotopic (exact) mass is 219 g/mol. The van der Waals surface area contributed by atoms with Gasteiger partial charge in [-0.1, -0.05) is 0 Å². The van der Waals surface area contributed by atoms with Crippen LogP contribution in [-0.4, -0.2) is 18.6 Å². The smallest absolute Gasteiger partial charge is 0.338 e. The number of hydrogen-bond acceptors (Lipinski definition) is 3. The third kappa shape index (κ3) is 2.35. The van der Waals surface area contributed by atoms with Gasteiger partial charge in [-0.15, -0.1) is 0 Å². The van der Waals surface area contributed by atoms with Crippen LogP contribution in [0.1, 0.15) is 36.2 Å². The lowest BCUT2D eigenvalue weighted by molar-refractivity contribution is 0.0378. The van der Waals surface area contributed by atoms with Crippen LogP contribution in [0, 0.1) is 0 Å². The summed E-state index contributed by atoms with van der Waals surface area (Å²) < 4.78 is 5.17. The molecule has 3 heteroatoms. The number of carbonyl (C=O) groups is 1. The summed E-state index contributed by atoms with van der Waals surface area (Å²) in [5, 5.41) is 3.32. The minimum Gasteiger partial charge on any atom is -0.459 e. The number of hydrogen-bond donors (Lipinski definition) is 1. The molecule has 0 atom stereocenters. The van der Waals surface area contributed by atoms with Crippen molar-refractivity contribution in [3.8, 4) is 0 Å². The Hall–Kier alpha value is -1.51. The van der Waals surface area contributed by atoms with Gasteiger partial charge in [-0.25, -0.2) is 4.79 Å². The SMILES string of the molecule is CC(C)OC(=O)c1ccc2c(c1)CCCN2. The van der Waals surface area contributed by atoms with Gasteiger partial charge in [0.15, 0.2) is 0 Å². The summed E-state index contributed by atoms with van der Waals surface area (Å²) in [6.45, 7) is 4.73. The van der Waals surface area contributed by atoms with Gasteiger partial charge < -0.3 is 10.1 Å². The molecule has 0 aliphatic carbocycles. The molecule has 1 aliphatic heterocycles. The Kier molecular flexibility index (Phi) is 3.13. The second-order valence-corrected chi connectivity index (χ2v) is 4.36. The van der Waals surface area contributed by atoms with Gasteiger partial charge in [0.2, 0.25) is 0 Å². The summed E-state index contributed by atoms with van der Waals surface area (Å²) in [5.74, 6) is -0.233. The predicted octanol–water partition coefficient (Wildman–Crippen LogP) is 2.61. The van der Waals surface area contributed by atoms with Crippen LogP contribution in [0.3, 0.4) is 0 Å². The Morgan fingerprint density at radius 2 is 2.25 bits per heavy atom. The number of rotatable bonds is 2. The molecule has 3 nitrogen and oxygen atoms in total.